The number of aromatic amines is 1. The molecule has 2 N–H and O–H groups in total. The van der Waals surface area contributed by atoms with Gasteiger partial charge in [0.05, 0.1) is 0 Å². The van der Waals surface area contributed by atoms with E-state index in [1.165, 1.54) is 18.4 Å². The molecule has 5 nitrogen and oxygen atoms in total. The number of imidazole rings is 1. The number of nitrogens with one attached hydrogen (secondary N) is 2. The Kier molecular flexibility index (Phi) is 5.08. The highest BCUT2D eigenvalue weighted by atomic mass is 16.2. The Labute approximate surface area is 137 Å². The highest BCUT2D eigenvalue weighted by molar-refractivity contribution is 5.90. The number of carbonyl (C=O) groups is 1. The summed E-state index contributed by atoms with van der Waals surface area (Å²) >= 11 is 0. The van der Waals surface area contributed by atoms with Gasteiger partial charge in [0.1, 0.15) is 0 Å². The van der Waals surface area contributed by atoms with Crippen LogP contribution < -0.4 is 5.32 Å². The van der Waals surface area contributed by atoms with E-state index in [0.29, 0.717) is 18.3 Å². The number of benzene rings is 1. The lowest BCUT2D eigenvalue weighted by Crippen LogP contribution is -2.40. The highest BCUT2D eigenvalue weighted by Gasteiger charge is 2.21. The molecule has 2 aromatic rings. The van der Waals surface area contributed by atoms with Crippen molar-refractivity contribution >= 4 is 5.91 Å². The first-order chi connectivity index (χ1) is 11.2. The minimum absolute atomic E-state index is 0.113. The molecule has 0 spiro atoms. The molecular weight excluding hydrogens is 288 g/mol. The molecular formula is C18H24N4O. The summed E-state index contributed by atoms with van der Waals surface area (Å²) in [4.78, 5) is 21.6. The van der Waals surface area contributed by atoms with E-state index in [4.69, 9.17) is 0 Å². The molecule has 1 aromatic heterocycles. The van der Waals surface area contributed by atoms with Crippen molar-refractivity contribution in [3.63, 3.8) is 0 Å². The number of H-pyrrole nitrogens is 1. The molecule has 1 atom stereocenters. The first kappa shape index (κ1) is 15.7. The zero-order valence-corrected chi connectivity index (χ0v) is 13.6. The Morgan fingerprint density at radius 1 is 1.39 bits per heavy atom. The van der Waals surface area contributed by atoms with Crippen LogP contribution in [0.2, 0.25) is 0 Å². The lowest BCUT2D eigenvalue weighted by Gasteiger charge is -2.32. The molecule has 0 radical (unpaired) electrons. The zero-order chi connectivity index (χ0) is 16.1. The van der Waals surface area contributed by atoms with E-state index < -0.39 is 0 Å². The number of hydrogen-bond donors (Lipinski definition) is 2. The van der Waals surface area contributed by atoms with Crippen LogP contribution in [0.4, 0.5) is 0 Å². The summed E-state index contributed by atoms with van der Waals surface area (Å²) in [6.45, 7) is 5.77. The lowest BCUT2D eigenvalue weighted by molar-refractivity contribution is 0.0921. The molecule has 1 saturated heterocycles. The van der Waals surface area contributed by atoms with E-state index in [9.17, 15) is 4.79 Å². The fourth-order valence-corrected chi connectivity index (χ4v) is 3.15. The van der Waals surface area contributed by atoms with Gasteiger partial charge in [0, 0.05) is 31.5 Å². The van der Waals surface area contributed by atoms with Gasteiger partial charge in [-0.2, -0.15) is 0 Å². The normalized spacial score (nSPS) is 18.7. The molecule has 5 heteroatoms. The minimum atomic E-state index is -0.113. The van der Waals surface area contributed by atoms with Crippen molar-refractivity contribution in [2.45, 2.75) is 26.3 Å². The zero-order valence-electron chi connectivity index (χ0n) is 13.6. The first-order valence-electron chi connectivity index (χ1n) is 8.27. The maximum absolute atomic E-state index is 12.1. The number of hydrogen-bond acceptors (Lipinski definition) is 3. The number of aromatic nitrogens is 2. The monoisotopic (exact) mass is 312 g/mol. The van der Waals surface area contributed by atoms with Gasteiger partial charge in [-0.05, 0) is 37.8 Å². The maximum atomic E-state index is 12.1. The van der Waals surface area contributed by atoms with Crippen LogP contribution in [0, 0.1) is 12.8 Å². The second-order valence-corrected chi connectivity index (χ2v) is 6.35. The van der Waals surface area contributed by atoms with Crippen LogP contribution in [0.15, 0.2) is 36.5 Å². The number of carbonyl (C=O) groups excluding carboxylic acids is 1. The molecule has 0 unspecified atom stereocenters. The number of aryl methyl sites for hydroxylation is 1. The molecule has 0 bridgehead atoms. The van der Waals surface area contributed by atoms with E-state index in [2.05, 4.69) is 44.5 Å². The van der Waals surface area contributed by atoms with Crippen molar-refractivity contribution in [1.82, 2.24) is 20.2 Å². The quantitative estimate of drug-likeness (QED) is 0.891. The predicted molar refractivity (Wildman–Crippen MR) is 90.1 cm³/mol. The van der Waals surface area contributed by atoms with Gasteiger partial charge in [0.25, 0.3) is 5.91 Å². The number of piperidine rings is 1. The van der Waals surface area contributed by atoms with Crippen LogP contribution in [0.3, 0.4) is 0 Å². The van der Waals surface area contributed by atoms with Gasteiger partial charge in [-0.15, -0.1) is 0 Å². The summed E-state index contributed by atoms with van der Waals surface area (Å²) < 4.78 is 0. The molecule has 1 aromatic carbocycles. The topological polar surface area (TPSA) is 61.0 Å². The van der Waals surface area contributed by atoms with Crippen molar-refractivity contribution < 1.29 is 4.79 Å². The third-order valence-corrected chi connectivity index (χ3v) is 4.32. The van der Waals surface area contributed by atoms with Crippen molar-refractivity contribution in [1.29, 1.82) is 0 Å². The predicted octanol–water partition coefficient (Wildman–Crippen LogP) is 2.36. The highest BCUT2D eigenvalue weighted by Crippen LogP contribution is 2.18. The van der Waals surface area contributed by atoms with Crippen molar-refractivity contribution in [2.75, 3.05) is 19.6 Å². The maximum Gasteiger partial charge on any atom is 0.287 e. The fourth-order valence-electron chi connectivity index (χ4n) is 3.15. The Hall–Kier alpha value is -2.14. The van der Waals surface area contributed by atoms with Crippen molar-refractivity contribution in [3.8, 4) is 0 Å². The molecule has 1 aliphatic heterocycles. The number of likely N-dealkylation sites (tertiary alicyclic amines) is 1. The molecule has 2 heterocycles. The van der Waals surface area contributed by atoms with Crippen LogP contribution in [0.5, 0.6) is 0 Å². The van der Waals surface area contributed by atoms with Gasteiger partial charge in [-0.3, -0.25) is 9.69 Å². The summed E-state index contributed by atoms with van der Waals surface area (Å²) in [5, 5.41) is 3.01. The summed E-state index contributed by atoms with van der Waals surface area (Å²) in [6.07, 6.45) is 4.03. The minimum Gasteiger partial charge on any atom is -0.349 e. The average Bonchev–Trinajstić information content (AvgIpc) is 3.01. The smallest absolute Gasteiger partial charge is 0.287 e. The van der Waals surface area contributed by atoms with Crippen molar-refractivity contribution in [2.24, 2.45) is 5.92 Å². The third-order valence-electron chi connectivity index (χ3n) is 4.32. The average molecular weight is 312 g/mol. The van der Waals surface area contributed by atoms with Gasteiger partial charge < -0.3 is 10.3 Å². The van der Waals surface area contributed by atoms with Gasteiger partial charge in [-0.1, -0.05) is 30.3 Å². The van der Waals surface area contributed by atoms with Crippen LogP contribution in [0.25, 0.3) is 0 Å². The second kappa shape index (κ2) is 7.42. The molecule has 0 saturated carbocycles. The third kappa shape index (κ3) is 4.42. The number of rotatable bonds is 5. The van der Waals surface area contributed by atoms with E-state index in [-0.39, 0.29) is 5.91 Å². The van der Waals surface area contributed by atoms with Crippen LogP contribution in [-0.2, 0) is 6.54 Å². The van der Waals surface area contributed by atoms with Gasteiger partial charge in [0.15, 0.2) is 5.82 Å². The van der Waals surface area contributed by atoms with Gasteiger partial charge in [0.2, 0.25) is 0 Å². The van der Waals surface area contributed by atoms with Crippen LogP contribution in [-0.4, -0.2) is 40.4 Å². The van der Waals surface area contributed by atoms with E-state index >= 15 is 0 Å². The Bertz CT molecular complexity index is 637. The number of amides is 1. The summed E-state index contributed by atoms with van der Waals surface area (Å²) in [5.41, 5.74) is 2.25. The fraction of sp³-hybridized carbons (Fsp3) is 0.444. The van der Waals surface area contributed by atoms with E-state index in [1.807, 2.05) is 13.0 Å². The molecule has 0 aliphatic carbocycles. The van der Waals surface area contributed by atoms with E-state index in [0.717, 1.165) is 25.3 Å². The van der Waals surface area contributed by atoms with Crippen molar-refractivity contribution in [3.05, 3.63) is 53.6 Å². The molecule has 3 rings (SSSR count). The van der Waals surface area contributed by atoms with E-state index in [1.54, 1.807) is 6.20 Å². The Morgan fingerprint density at radius 3 is 2.96 bits per heavy atom. The largest absolute Gasteiger partial charge is 0.349 e. The van der Waals surface area contributed by atoms with Gasteiger partial charge in [-0.25, -0.2) is 4.98 Å². The van der Waals surface area contributed by atoms with Crippen LogP contribution in [0.1, 0.15) is 34.7 Å². The van der Waals surface area contributed by atoms with Crippen LogP contribution >= 0.6 is 0 Å². The summed E-state index contributed by atoms with van der Waals surface area (Å²) in [5.74, 6) is 0.796. The molecule has 1 amide bonds. The SMILES string of the molecule is Cc1cnc(C(=O)NC[C@@H]2CCCN(Cc3ccccc3)C2)[nH]1. The second-order valence-electron chi connectivity index (χ2n) is 6.35. The molecule has 1 aliphatic rings. The summed E-state index contributed by atoms with van der Waals surface area (Å²) in [7, 11) is 0. The summed E-state index contributed by atoms with van der Waals surface area (Å²) in [6, 6.07) is 10.6. The Morgan fingerprint density at radius 2 is 2.22 bits per heavy atom. The first-order valence-corrected chi connectivity index (χ1v) is 8.27. The van der Waals surface area contributed by atoms with Gasteiger partial charge >= 0.3 is 0 Å². The molecule has 1 fully saturated rings. The standard InChI is InChI=1S/C18H24N4O/c1-14-10-19-17(21-14)18(23)20-11-16-8-5-9-22(13-16)12-15-6-3-2-4-7-15/h2-4,6-7,10,16H,5,8-9,11-13H2,1H3,(H,19,21)(H,20,23)/t16-/m0/s1. The molecule has 122 valence electrons. The number of nitrogens with zero attached hydrogens (tertiary/aromatic N) is 2. The lowest BCUT2D eigenvalue weighted by atomic mass is 9.97. The molecule has 23 heavy (non-hydrogen) atoms. The Balaban J connectivity index is 1.48.